The first-order valence-corrected chi connectivity index (χ1v) is 3.39. The minimum absolute atomic E-state index is 0.00995. The van der Waals surface area contributed by atoms with Gasteiger partial charge < -0.3 is 10.2 Å². The smallest absolute Gasteiger partial charge is 0.310 e. The first kappa shape index (κ1) is 7.54. The third-order valence-corrected chi connectivity index (χ3v) is 2.87. The molecule has 3 nitrogen and oxygen atoms in total. The highest BCUT2D eigenvalue weighted by Gasteiger charge is 2.63. The monoisotopic (exact) mass is 144 g/mol. The second-order valence-electron chi connectivity index (χ2n) is 3.17. The summed E-state index contributed by atoms with van der Waals surface area (Å²) in [6.07, 6.45) is 0. The van der Waals surface area contributed by atoms with Crippen LogP contribution in [-0.4, -0.2) is 22.8 Å². The van der Waals surface area contributed by atoms with E-state index in [0.29, 0.717) is 0 Å². The van der Waals surface area contributed by atoms with E-state index in [4.69, 9.17) is 10.2 Å². The average Bonchev–Trinajstić information content (AvgIpc) is 2.38. The lowest BCUT2D eigenvalue weighted by molar-refractivity contribution is -0.143. The summed E-state index contributed by atoms with van der Waals surface area (Å²) in [6.45, 7) is 3.53. The summed E-state index contributed by atoms with van der Waals surface area (Å²) in [5.74, 6) is -0.709. The van der Waals surface area contributed by atoms with Crippen LogP contribution in [0.4, 0.5) is 0 Å². The van der Waals surface area contributed by atoms with Crippen LogP contribution in [0.2, 0.25) is 0 Å². The van der Waals surface area contributed by atoms with Crippen molar-refractivity contribution in [2.24, 2.45) is 17.3 Å². The third kappa shape index (κ3) is 0.669. The molecule has 0 aliphatic heterocycles. The summed E-state index contributed by atoms with van der Waals surface area (Å²) in [5.41, 5.74) is -0.658. The van der Waals surface area contributed by atoms with Gasteiger partial charge in [-0.1, -0.05) is 6.92 Å². The number of hydrogen-bond donors (Lipinski definition) is 2. The summed E-state index contributed by atoms with van der Waals surface area (Å²) in [4.78, 5) is 10.6. The van der Waals surface area contributed by atoms with Gasteiger partial charge in [-0.15, -0.1) is 0 Å². The zero-order chi connectivity index (χ0) is 7.94. The average molecular weight is 144 g/mol. The predicted molar refractivity (Wildman–Crippen MR) is 35.5 cm³/mol. The fraction of sp³-hybridized carbons (Fsp3) is 0.857. The van der Waals surface area contributed by atoms with Crippen LogP contribution < -0.4 is 0 Å². The molecule has 0 aromatic carbocycles. The quantitative estimate of drug-likeness (QED) is 0.587. The molecule has 0 spiro atoms. The Kier molecular flexibility index (Phi) is 1.47. The summed E-state index contributed by atoms with van der Waals surface area (Å²) in [6, 6.07) is 0. The Bertz CT molecular complexity index is 166. The van der Waals surface area contributed by atoms with E-state index in [1.165, 1.54) is 0 Å². The number of carbonyl (C=O) groups is 1. The fourth-order valence-electron chi connectivity index (χ4n) is 1.54. The summed E-state index contributed by atoms with van der Waals surface area (Å²) in [7, 11) is 0. The number of aliphatic hydroxyl groups is 1. The first-order valence-electron chi connectivity index (χ1n) is 3.39. The van der Waals surface area contributed by atoms with Crippen molar-refractivity contribution >= 4 is 5.97 Å². The summed E-state index contributed by atoms with van der Waals surface area (Å²) in [5, 5.41) is 17.4. The lowest BCUT2D eigenvalue weighted by Crippen LogP contribution is -2.15. The van der Waals surface area contributed by atoms with Crippen LogP contribution in [-0.2, 0) is 4.79 Å². The molecule has 1 aliphatic carbocycles. The molecular formula is C7H12O3. The van der Waals surface area contributed by atoms with E-state index < -0.39 is 11.4 Å². The van der Waals surface area contributed by atoms with E-state index in [2.05, 4.69) is 0 Å². The van der Waals surface area contributed by atoms with Crippen molar-refractivity contribution in [3.63, 3.8) is 0 Å². The van der Waals surface area contributed by atoms with Gasteiger partial charge in [-0.2, -0.15) is 0 Å². The summed E-state index contributed by atoms with van der Waals surface area (Å²) >= 11 is 0. The maximum Gasteiger partial charge on any atom is 0.310 e. The van der Waals surface area contributed by atoms with Crippen molar-refractivity contribution in [3.8, 4) is 0 Å². The lowest BCUT2D eigenvalue weighted by Gasteiger charge is -2.01. The molecule has 0 amide bonds. The van der Waals surface area contributed by atoms with Gasteiger partial charge in [0, 0.05) is 12.5 Å². The minimum Gasteiger partial charge on any atom is -0.481 e. The van der Waals surface area contributed by atoms with Crippen LogP contribution in [0.15, 0.2) is 0 Å². The van der Waals surface area contributed by atoms with Gasteiger partial charge in [0.15, 0.2) is 0 Å². The predicted octanol–water partition coefficient (Wildman–Crippen LogP) is 0.336. The van der Waals surface area contributed by atoms with Crippen molar-refractivity contribution in [1.82, 2.24) is 0 Å². The molecule has 0 radical (unpaired) electrons. The van der Waals surface area contributed by atoms with Crippen molar-refractivity contribution < 1.29 is 15.0 Å². The minimum atomic E-state index is -0.793. The van der Waals surface area contributed by atoms with Crippen LogP contribution >= 0.6 is 0 Å². The number of carboxylic acid groups (broad SMARTS) is 1. The van der Waals surface area contributed by atoms with E-state index in [0.717, 1.165) is 0 Å². The molecule has 0 unspecified atom stereocenters. The summed E-state index contributed by atoms with van der Waals surface area (Å²) < 4.78 is 0. The molecule has 3 atom stereocenters. The number of aliphatic hydroxyl groups excluding tert-OH is 1. The van der Waals surface area contributed by atoms with E-state index in [1.54, 1.807) is 6.92 Å². The van der Waals surface area contributed by atoms with Crippen molar-refractivity contribution in [1.29, 1.82) is 0 Å². The Morgan fingerprint density at radius 3 is 2.30 bits per heavy atom. The molecule has 0 aromatic rings. The van der Waals surface area contributed by atoms with Crippen molar-refractivity contribution in [3.05, 3.63) is 0 Å². The maximum atomic E-state index is 10.6. The topological polar surface area (TPSA) is 57.5 Å². The molecule has 0 saturated heterocycles. The van der Waals surface area contributed by atoms with Gasteiger partial charge in [-0.3, -0.25) is 4.79 Å². The first-order chi connectivity index (χ1) is 4.55. The Morgan fingerprint density at radius 2 is 2.20 bits per heavy atom. The molecule has 0 heterocycles. The Balaban J connectivity index is 2.67. The Hall–Kier alpha value is -0.570. The molecule has 2 N–H and O–H groups in total. The molecular weight excluding hydrogens is 132 g/mol. The lowest BCUT2D eigenvalue weighted by atomic mass is 10.1. The van der Waals surface area contributed by atoms with Crippen LogP contribution in [0.5, 0.6) is 0 Å². The van der Waals surface area contributed by atoms with E-state index in [-0.39, 0.29) is 18.4 Å². The molecule has 1 saturated carbocycles. The highest BCUT2D eigenvalue weighted by Crippen LogP contribution is 2.57. The normalized spacial score (nSPS) is 45.1. The fourth-order valence-corrected chi connectivity index (χ4v) is 1.54. The standard InChI is InChI=1S/C7H12O3/c1-4-5(3-8)7(4,2)6(9)10/h4-5,8H,3H2,1-2H3,(H,9,10)/t4-,5+,7-/m1/s1. The molecule has 58 valence electrons. The van der Waals surface area contributed by atoms with Gasteiger partial charge in [0.05, 0.1) is 5.41 Å². The third-order valence-electron chi connectivity index (χ3n) is 2.87. The van der Waals surface area contributed by atoms with E-state index in [9.17, 15) is 4.79 Å². The van der Waals surface area contributed by atoms with Crippen LogP contribution in [0.3, 0.4) is 0 Å². The van der Waals surface area contributed by atoms with Gasteiger partial charge >= 0.3 is 5.97 Å². The molecule has 0 bridgehead atoms. The van der Waals surface area contributed by atoms with Crippen LogP contribution in [0.25, 0.3) is 0 Å². The molecule has 3 heteroatoms. The molecule has 10 heavy (non-hydrogen) atoms. The Morgan fingerprint density at radius 1 is 1.70 bits per heavy atom. The largest absolute Gasteiger partial charge is 0.481 e. The van der Waals surface area contributed by atoms with Crippen LogP contribution in [0.1, 0.15) is 13.8 Å². The van der Waals surface area contributed by atoms with Gasteiger partial charge in [0.1, 0.15) is 0 Å². The highest BCUT2D eigenvalue weighted by atomic mass is 16.4. The molecule has 1 fully saturated rings. The number of rotatable bonds is 2. The molecule has 0 aromatic heterocycles. The van der Waals surface area contributed by atoms with Gasteiger partial charge in [0.2, 0.25) is 0 Å². The number of carboxylic acids is 1. The molecule has 1 aliphatic rings. The maximum absolute atomic E-state index is 10.6. The second-order valence-corrected chi connectivity index (χ2v) is 3.17. The van der Waals surface area contributed by atoms with E-state index >= 15 is 0 Å². The van der Waals surface area contributed by atoms with Gasteiger partial charge in [0.25, 0.3) is 0 Å². The number of aliphatic carboxylic acids is 1. The van der Waals surface area contributed by atoms with Crippen LogP contribution in [0, 0.1) is 17.3 Å². The van der Waals surface area contributed by atoms with Crippen molar-refractivity contribution in [2.75, 3.05) is 6.61 Å². The second kappa shape index (κ2) is 1.95. The van der Waals surface area contributed by atoms with Gasteiger partial charge in [-0.25, -0.2) is 0 Å². The zero-order valence-electron chi connectivity index (χ0n) is 6.16. The van der Waals surface area contributed by atoms with Crippen molar-refractivity contribution in [2.45, 2.75) is 13.8 Å². The molecule has 1 rings (SSSR count). The highest BCUT2D eigenvalue weighted by molar-refractivity contribution is 5.78. The zero-order valence-corrected chi connectivity index (χ0v) is 6.16. The Labute approximate surface area is 59.7 Å². The number of hydrogen-bond acceptors (Lipinski definition) is 2. The van der Waals surface area contributed by atoms with Gasteiger partial charge in [-0.05, 0) is 12.8 Å². The van der Waals surface area contributed by atoms with E-state index in [1.807, 2.05) is 6.92 Å². The SMILES string of the molecule is C[C@@H]1[C@H](CO)[C@]1(C)C(=O)O.